The molecule has 0 saturated carbocycles. The van der Waals surface area contributed by atoms with Crippen molar-refractivity contribution in [2.45, 2.75) is 83.5 Å². The number of rotatable bonds is 21. The summed E-state index contributed by atoms with van der Waals surface area (Å²) in [7, 11) is -3.81. The van der Waals surface area contributed by atoms with E-state index in [1.165, 1.54) is 12.8 Å². The summed E-state index contributed by atoms with van der Waals surface area (Å²) in [6.45, 7) is 5.15. The van der Waals surface area contributed by atoms with Crippen LogP contribution in [0.3, 0.4) is 0 Å². The second-order valence-corrected chi connectivity index (χ2v) is 10.9. The summed E-state index contributed by atoms with van der Waals surface area (Å²) in [5.41, 5.74) is 2.12. The Kier molecular flexibility index (Phi) is 15.0. The largest absolute Gasteiger partial charge is 0.493 e. The summed E-state index contributed by atoms with van der Waals surface area (Å²) in [6, 6.07) is 16.4. The zero-order valence-electron chi connectivity index (χ0n) is 21.7. The first kappa shape index (κ1) is 29.9. The second-order valence-electron chi connectivity index (χ2n) is 9.30. The first-order chi connectivity index (χ1) is 17.5. The van der Waals surface area contributed by atoms with Gasteiger partial charge in [0.2, 0.25) is 0 Å². The standard InChI is InChI=1S/C30H44O5S/c1-2-3-4-5-10-16-24-34-28-22-19-23-29(30(28)27-20-14-13-15-21-27)35-25-17-11-8-6-7-9-12-18-26-36(31,32)33/h2,13-15,19-23H,1,3-12,16-18,24-26H2,(H,31,32,33). The molecule has 5 nitrogen and oxygen atoms in total. The van der Waals surface area contributed by atoms with Crippen LogP contribution in [-0.4, -0.2) is 31.9 Å². The third-order valence-corrected chi connectivity index (χ3v) is 6.97. The van der Waals surface area contributed by atoms with Crippen LogP contribution in [0.15, 0.2) is 61.2 Å². The van der Waals surface area contributed by atoms with Gasteiger partial charge >= 0.3 is 0 Å². The van der Waals surface area contributed by atoms with Crippen LogP contribution in [0.4, 0.5) is 0 Å². The summed E-state index contributed by atoms with van der Waals surface area (Å²) >= 11 is 0. The van der Waals surface area contributed by atoms with Crippen LogP contribution in [0.5, 0.6) is 11.5 Å². The minimum Gasteiger partial charge on any atom is -0.493 e. The summed E-state index contributed by atoms with van der Waals surface area (Å²) in [6.07, 6.45) is 15.5. The van der Waals surface area contributed by atoms with E-state index >= 15 is 0 Å². The molecular formula is C30H44O5S. The lowest BCUT2D eigenvalue weighted by molar-refractivity contribution is 0.292. The predicted octanol–water partition coefficient (Wildman–Crippen LogP) is 8.26. The lowest BCUT2D eigenvalue weighted by atomic mass is 10.0. The number of benzene rings is 2. The molecule has 0 radical (unpaired) electrons. The molecule has 0 amide bonds. The van der Waals surface area contributed by atoms with Crippen molar-refractivity contribution in [1.82, 2.24) is 0 Å². The van der Waals surface area contributed by atoms with E-state index in [2.05, 4.69) is 18.7 Å². The predicted molar refractivity (Wildman–Crippen MR) is 150 cm³/mol. The van der Waals surface area contributed by atoms with E-state index in [0.29, 0.717) is 19.6 Å². The third-order valence-electron chi connectivity index (χ3n) is 6.16. The fraction of sp³-hybridized carbons (Fsp3) is 0.533. The normalized spacial score (nSPS) is 11.4. The molecule has 2 rings (SSSR count). The van der Waals surface area contributed by atoms with E-state index in [-0.39, 0.29) is 5.75 Å². The van der Waals surface area contributed by atoms with Gasteiger partial charge < -0.3 is 9.47 Å². The molecule has 0 aliphatic carbocycles. The van der Waals surface area contributed by atoms with Crippen LogP contribution in [0.2, 0.25) is 0 Å². The van der Waals surface area contributed by atoms with Crippen molar-refractivity contribution >= 4 is 10.1 Å². The maximum absolute atomic E-state index is 10.7. The first-order valence-electron chi connectivity index (χ1n) is 13.5. The lowest BCUT2D eigenvalue weighted by Crippen LogP contribution is -2.03. The minimum atomic E-state index is -3.81. The minimum absolute atomic E-state index is 0.127. The van der Waals surface area contributed by atoms with Crippen molar-refractivity contribution in [3.63, 3.8) is 0 Å². The molecule has 0 saturated heterocycles. The van der Waals surface area contributed by atoms with Gasteiger partial charge in [0.1, 0.15) is 11.5 Å². The van der Waals surface area contributed by atoms with Gasteiger partial charge in [-0.05, 0) is 49.8 Å². The monoisotopic (exact) mass is 516 g/mol. The highest BCUT2D eigenvalue weighted by Crippen LogP contribution is 2.38. The molecule has 2 aromatic rings. The molecule has 0 atom stereocenters. The molecule has 2 aromatic carbocycles. The van der Waals surface area contributed by atoms with Gasteiger partial charge in [-0.1, -0.05) is 93.8 Å². The molecule has 0 bridgehead atoms. The molecule has 0 fully saturated rings. The summed E-state index contributed by atoms with van der Waals surface area (Å²) in [4.78, 5) is 0. The Balaban J connectivity index is 1.76. The quantitative estimate of drug-likeness (QED) is 0.103. The molecule has 1 N–H and O–H groups in total. The SMILES string of the molecule is C=CCCCCCCOc1cccc(OCCCCCCCCCCS(=O)(=O)O)c1-c1ccccc1. The molecule has 0 spiro atoms. The van der Waals surface area contributed by atoms with Crippen molar-refractivity contribution in [3.8, 4) is 22.6 Å². The Morgan fingerprint density at radius 1 is 0.667 bits per heavy atom. The van der Waals surface area contributed by atoms with Gasteiger partial charge in [-0.2, -0.15) is 8.42 Å². The van der Waals surface area contributed by atoms with Gasteiger partial charge in [0.05, 0.1) is 24.5 Å². The molecule has 0 aliphatic rings. The zero-order chi connectivity index (χ0) is 25.9. The van der Waals surface area contributed by atoms with Crippen LogP contribution in [0.25, 0.3) is 11.1 Å². The Hall–Kier alpha value is -2.31. The van der Waals surface area contributed by atoms with Crippen molar-refractivity contribution in [1.29, 1.82) is 0 Å². The smallest absolute Gasteiger partial charge is 0.264 e. The van der Waals surface area contributed by atoms with Crippen LogP contribution in [-0.2, 0) is 10.1 Å². The van der Waals surface area contributed by atoms with Crippen molar-refractivity contribution in [3.05, 3.63) is 61.2 Å². The maximum Gasteiger partial charge on any atom is 0.264 e. The Labute approximate surface area is 218 Å². The van der Waals surface area contributed by atoms with Crippen LogP contribution in [0, 0.1) is 0 Å². The van der Waals surface area contributed by atoms with Gasteiger partial charge in [-0.15, -0.1) is 6.58 Å². The number of ether oxygens (including phenoxy) is 2. The Morgan fingerprint density at radius 3 is 1.69 bits per heavy atom. The fourth-order valence-corrected chi connectivity index (χ4v) is 4.77. The van der Waals surface area contributed by atoms with Crippen LogP contribution >= 0.6 is 0 Å². The van der Waals surface area contributed by atoms with E-state index in [0.717, 1.165) is 86.8 Å². The highest BCUT2D eigenvalue weighted by molar-refractivity contribution is 7.85. The average molecular weight is 517 g/mol. The van der Waals surface area contributed by atoms with E-state index in [9.17, 15) is 8.42 Å². The Morgan fingerprint density at radius 2 is 1.17 bits per heavy atom. The highest BCUT2D eigenvalue weighted by Gasteiger charge is 2.13. The van der Waals surface area contributed by atoms with E-state index in [1.54, 1.807) is 0 Å². The van der Waals surface area contributed by atoms with Gasteiger partial charge in [0.25, 0.3) is 10.1 Å². The second kappa shape index (κ2) is 18.0. The molecule has 0 aromatic heterocycles. The summed E-state index contributed by atoms with van der Waals surface area (Å²) in [5.74, 6) is 1.61. The highest BCUT2D eigenvalue weighted by atomic mass is 32.2. The molecular weight excluding hydrogens is 472 g/mol. The molecule has 0 heterocycles. The van der Waals surface area contributed by atoms with Gasteiger partial charge in [-0.3, -0.25) is 4.55 Å². The van der Waals surface area contributed by atoms with Gasteiger partial charge in [0, 0.05) is 0 Å². The number of hydrogen-bond donors (Lipinski definition) is 1. The molecule has 0 unspecified atom stereocenters. The van der Waals surface area contributed by atoms with Crippen LogP contribution < -0.4 is 9.47 Å². The zero-order valence-corrected chi connectivity index (χ0v) is 22.5. The molecule has 36 heavy (non-hydrogen) atoms. The molecule has 6 heteroatoms. The number of unbranched alkanes of at least 4 members (excludes halogenated alkanes) is 11. The van der Waals surface area contributed by atoms with Gasteiger partial charge in [0.15, 0.2) is 0 Å². The van der Waals surface area contributed by atoms with E-state index in [4.69, 9.17) is 14.0 Å². The molecule has 0 aliphatic heterocycles. The lowest BCUT2D eigenvalue weighted by Gasteiger charge is -2.17. The third kappa shape index (κ3) is 13.1. The number of allylic oxidation sites excluding steroid dienone is 1. The van der Waals surface area contributed by atoms with E-state index < -0.39 is 10.1 Å². The van der Waals surface area contributed by atoms with Crippen molar-refractivity contribution in [2.24, 2.45) is 0 Å². The first-order valence-corrected chi connectivity index (χ1v) is 15.1. The summed E-state index contributed by atoms with van der Waals surface area (Å²) in [5, 5.41) is 0. The van der Waals surface area contributed by atoms with E-state index in [1.807, 2.05) is 42.5 Å². The Bertz CT molecular complexity index is 957. The topological polar surface area (TPSA) is 72.8 Å². The van der Waals surface area contributed by atoms with Crippen LogP contribution in [0.1, 0.15) is 83.5 Å². The summed E-state index contributed by atoms with van der Waals surface area (Å²) < 4.78 is 42.6. The van der Waals surface area contributed by atoms with Crippen molar-refractivity contribution in [2.75, 3.05) is 19.0 Å². The van der Waals surface area contributed by atoms with Gasteiger partial charge in [-0.25, -0.2) is 0 Å². The fourth-order valence-electron chi connectivity index (χ4n) is 4.20. The average Bonchev–Trinajstić information content (AvgIpc) is 2.86. The maximum atomic E-state index is 10.7. The van der Waals surface area contributed by atoms with Crippen molar-refractivity contribution < 1.29 is 22.4 Å². The number of hydrogen-bond acceptors (Lipinski definition) is 4. The molecule has 200 valence electrons.